The monoisotopic (exact) mass is 475 g/mol. The Bertz CT molecular complexity index is 1200. The van der Waals surface area contributed by atoms with Crippen LogP contribution in [0.25, 0.3) is 0 Å². The van der Waals surface area contributed by atoms with Crippen molar-refractivity contribution >= 4 is 37.2 Å². The number of anilines is 1. The zero-order valence-corrected chi connectivity index (χ0v) is 19.5. The van der Waals surface area contributed by atoms with Crippen molar-refractivity contribution in [3.8, 4) is 5.75 Å². The second-order valence-corrected chi connectivity index (χ2v) is 9.86. The molecule has 180 valence electrons. The summed E-state index contributed by atoms with van der Waals surface area (Å²) in [5, 5.41) is 39.9. The standard InChI is InChI=1S/C25H27B2NO7/c1-13(2)18-11-20-22(25(31)28(24(20)30)16-5-3-4-15(10-16)26(32)33)19-12-21(35-27(34)23(18)19)14-6-8-17(29)9-7-14/h3-10,13,19-22,29,32-34H,11-12H2,1-2H3/t19-,20-,21-,22+/m0/s1. The SMILES string of the molecule is CC(C)C1=C2B(O)O[C@H](c3ccc(O)cc3)C[C@H]2[C@H]2C(=O)N(c3cccc(B(O)O)c3)C(=O)[C@H]2C1. The van der Waals surface area contributed by atoms with Crippen LogP contribution in [-0.4, -0.2) is 46.2 Å². The maximum Gasteiger partial charge on any atom is 0.488 e. The molecule has 0 unspecified atom stereocenters. The molecular weight excluding hydrogens is 448 g/mol. The highest BCUT2D eigenvalue weighted by molar-refractivity contribution is 6.58. The van der Waals surface area contributed by atoms with Crippen molar-refractivity contribution in [2.24, 2.45) is 23.7 Å². The van der Waals surface area contributed by atoms with Crippen molar-refractivity contribution in [1.82, 2.24) is 0 Å². The van der Waals surface area contributed by atoms with E-state index in [4.69, 9.17) is 4.65 Å². The van der Waals surface area contributed by atoms with Gasteiger partial charge in [-0.05, 0) is 65.4 Å². The Balaban J connectivity index is 1.55. The van der Waals surface area contributed by atoms with Gasteiger partial charge in [-0.3, -0.25) is 14.5 Å². The van der Waals surface area contributed by atoms with Crippen molar-refractivity contribution in [2.75, 3.05) is 4.90 Å². The number of carbonyl (C=O) groups is 2. The third kappa shape index (κ3) is 4.00. The van der Waals surface area contributed by atoms with Crippen LogP contribution >= 0.6 is 0 Å². The van der Waals surface area contributed by atoms with E-state index in [0.717, 1.165) is 16.0 Å². The summed E-state index contributed by atoms with van der Waals surface area (Å²) in [7, 11) is -2.92. The van der Waals surface area contributed by atoms with Gasteiger partial charge in [0.05, 0.1) is 23.6 Å². The van der Waals surface area contributed by atoms with Gasteiger partial charge in [-0.2, -0.15) is 0 Å². The van der Waals surface area contributed by atoms with Crippen LogP contribution in [0.5, 0.6) is 5.75 Å². The average Bonchev–Trinajstić information content (AvgIpc) is 3.08. The number of rotatable bonds is 4. The average molecular weight is 475 g/mol. The Morgan fingerprint density at radius 2 is 1.77 bits per heavy atom. The molecule has 4 N–H and O–H groups in total. The molecule has 2 amide bonds. The number of carbonyl (C=O) groups excluding carboxylic acids is 2. The molecule has 8 nitrogen and oxygen atoms in total. The molecule has 10 heteroatoms. The van der Waals surface area contributed by atoms with E-state index in [2.05, 4.69) is 0 Å². The van der Waals surface area contributed by atoms with Crippen molar-refractivity contribution in [3.05, 3.63) is 65.1 Å². The van der Waals surface area contributed by atoms with Crippen LogP contribution in [0, 0.1) is 23.7 Å². The highest BCUT2D eigenvalue weighted by Gasteiger charge is 2.58. The summed E-state index contributed by atoms with van der Waals surface area (Å²) in [5.41, 5.74) is 2.89. The van der Waals surface area contributed by atoms with Gasteiger partial charge in [0.2, 0.25) is 11.8 Å². The first kappa shape index (κ1) is 23.8. The number of phenolic OH excluding ortho intramolecular Hbond substituents is 1. The minimum absolute atomic E-state index is 0.0572. The number of amides is 2. The van der Waals surface area contributed by atoms with Crippen LogP contribution in [0.2, 0.25) is 0 Å². The number of nitrogens with zero attached hydrogens (tertiary/aromatic N) is 1. The molecule has 0 aromatic heterocycles. The van der Waals surface area contributed by atoms with E-state index in [1.54, 1.807) is 36.4 Å². The molecule has 35 heavy (non-hydrogen) atoms. The van der Waals surface area contributed by atoms with E-state index >= 15 is 0 Å². The third-order valence-electron chi connectivity index (χ3n) is 7.54. The molecule has 4 atom stereocenters. The summed E-state index contributed by atoms with van der Waals surface area (Å²) in [6.45, 7) is 4.01. The number of phenols is 1. The van der Waals surface area contributed by atoms with Crippen LogP contribution in [0.15, 0.2) is 59.6 Å². The first-order valence-electron chi connectivity index (χ1n) is 11.9. The van der Waals surface area contributed by atoms with E-state index in [9.17, 15) is 29.8 Å². The summed E-state index contributed by atoms with van der Waals surface area (Å²) in [4.78, 5) is 28.5. The summed E-state index contributed by atoms with van der Waals surface area (Å²) < 4.78 is 5.98. The quantitative estimate of drug-likeness (QED) is 0.388. The van der Waals surface area contributed by atoms with E-state index in [1.807, 2.05) is 13.8 Å². The van der Waals surface area contributed by atoms with Crippen molar-refractivity contribution in [3.63, 3.8) is 0 Å². The summed E-state index contributed by atoms with van der Waals surface area (Å²) in [6.07, 6.45) is 0.273. The van der Waals surface area contributed by atoms with Crippen LogP contribution in [0.1, 0.15) is 38.4 Å². The molecule has 0 spiro atoms. The normalized spacial score (nSPS) is 26.3. The molecule has 2 saturated heterocycles. The molecule has 2 aromatic carbocycles. The lowest BCUT2D eigenvalue weighted by Gasteiger charge is -2.43. The largest absolute Gasteiger partial charge is 0.508 e. The number of benzene rings is 2. The summed E-state index contributed by atoms with van der Waals surface area (Å²) in [6, 6.07) is 12.7. The number of allylic oxidation sites excluding steroid dienone is 2. The van der Waals surface area contributed by atoms with E-state index in [0.29, 0.717) is 24.0 Å². The molecule has 2 fully saturated rings. The van der Waals surface area contributed by atoms with Gasteiger partial charge in [-0.25, -0.2) is 0 Å². The van der Waals surface area contributed by atoms with Gasteiger partial charge in [0.25, 0.3) is 0 Å². The minimum atomic E-state index is -1.72. The Morgan fingerprint density at radius 1 is 1.06 bits per heavy atom. The van der Waals surface area contributed by atoms with Gasteiger partial charge in [-0.1, -0.05) is 43.7 Å². The molecule has 0 radical (unpaired) electrons. The van der Waals surface area contributed by atoms with Gasteiger partial charge in [0.1, 0.15) is 5.75 Å². The molecule has 5 rings (SSSR count). The predicted octanol–water partition coefficient (Wildman–Crippen LogP) is 1.33. The van der Waals surface area contributed by atoms with Crippen molar-refractivity contribution in [1.29, 1.82) is 0 Å². The fourth-order valence-electron chi connectivity index (χ4n) is 5.88. The van der Waals surface area contributed by atoms with Gasteiger partial charge < -0.3 is 24.8 Å². The topological polar surface area (TPSA) is 128 Å². The summed E-state index contributed by atoms with van der Waals surface area (Å²) >= 11 is 0. The molecule has 0 saturated carbocycles. The number of hydrogen-bond donors (Lipinski definition) is 4. The second kappa shape index (κ2) is 8.95. The highest BCUT2D eigenvalue weighted by atomic mass is 16.5. The van der Waals surface area contributed by atoms with Crippen LogP contribution < -0.4 is 10.4 Å². The Morgan fingerprint density at radius 3 is 2.43 bits per heavy atom. The molecule has 2 aliphatic heterocycles. The van der Waals surface area contributed by atoms with Gasteiger partial charge in [0, 0.05) is 0 Å². The predicted molar refractivity (Wildman–Crippen MR) is 130 cm³/mol. The Labute approximate surface area is 204 Å². The number of fused-ring (bicyclic) bond motifs is 3. The Kier molecular flexibility index (Phi) is 6.09. The van der Waals surface area contributed by atoms with Gasteiger partial charge in [-0.15, -0.1) is 0 Å². The van der Waals surface area contributed by atoms with E-state index in [1.165, 1.54) is 12.1 Å². The van der Waals surface area contributed by atoms with Crippen molar-refractivity contribution < 1.29 is 34.4 Å². The maximum absolute atomic E-state index is 13.8. The summed E-state index contributed by atoms with van der Waals surface area (Å²) in [5.74, 6) is -2.10. The van der Waals surface area contributed by atoms with Crippen LogP contribution in [-0.2, 0) is 14.2 Å². The number of aromatic hydroxyl groups is 1. The molecule has 1 aliphatic carbocycles. The highest BCUT2D eigenvalue weighted by Crippen LogP contribution is 2.53. The van der Waals surface area contributed by atoms with Crippen LogP contribution in [0.3, 0.4) is 0 Å². The Hall–Kier alpha value is -2.91. The smallest absolute Gasteiger partial charge is 0.488 e. The fraction of sp³-hybridized carbons (Fsp3) is 0.360. The van der Waals surface area contributed by atoms with Gasteiger partial charge >= 0.3 is 14.2 Å². The lowest BCUT2D eigenvalue weighted by molar-refractivity contribution is -0.123. The molecule has 3 aliphatic rings. The van der Waals surface area contributed by atoms with E-state index in [-0.39, 0.29) is 34.9 Å². The molecule has 0 bridgehead atoms. The zero-order chi connectivity index (χ0) is 25.0. The van der Waals surface area contributed by atoms with Crippen molar-refractivity contribution in [2.45, 2.75) is 32.8 Å². The number of imide groups is 1. The third-order valence-corrected chi connectivity index (χ3v) is 7.54. The van der Waals surface area contributed by atoms with Gasteiger partial charge in [0.15, 0.2) is 0 Å². The lowest BCUT2D eigenvalue weighted by atomic mass is 9.54. The molecular formula is C25H27B2NO7. The lowest BCUT2D eigenvalue weighted by Crippen LogP contribution is -2.45. The first-order chi connectivity index (χ1) is 16.7. The minimum Gasteiger partial charge on any atom is -0.508 e. The maximum atomic E-state index is 13.8. The fourth-order valence-corrected chi connectivity index (χ4v) is 5.88. The first-order valence-corrected chi connectivity index (χ1v) is 11.9. The molecule has 2 aromatic rings. The molecule has 2 heterocycles. The zero-order valence-electron chi connectivity index (χ0n) is 19.5. The second-order valence-electron chi connectivity index (χ2n) is 9.86. The number of hydrogen-bond acceptors (Lipinski definition) is 7. The van der Waals surface area contributed by atoms with Crippen LogP contribution in [0.4, 0.5) is 5.69 Å². The van der Waals surface area contributed by atoms with E-state index < -0.39 is 32.2 Å².